The number of fused-ring (bicyclic) bond motifs is 1. The molecule has 164 valence electrons. The van der Waals surface area contributed by atoms with Crippen molar-refractivity contribution in [3.63, 3.8) is 0 Å². The van der Waals surface area contributed by atoms with Gasteiger partial charge >= 0.3 is 0 Å². The molecule has 2 amide bonds. The monoisotopic (exact) mass is 449 g/mol. The summed E-state index contributed by atoms with van der Waals surface area (Å²) in [6, 6.07) is 16.2. The van der Waals surface area contributed by atoms with Crippen LogP contribution in [0.2, 0.25) is 0 Å². The van der Waals surface area contributed by atoms with Crippen LogP contribution in [0.3, 0.4) is 0 Å². The number of carbonyl (C=O) groups is 2. The number of thiocarbonyl (C=S) groups is 1. The van der Waals surface area contributed by atoms with Crippen LogP contribution in [0.1, 0.15) is 6.42 Å². The summed E-state index contributed by atoms with van der Waals surface area (Å²) < 4.78 is 5.46. The van der Waals surface area contributed by atoms with Gasteiger partial charge in [-0.3, -0.25) is 19.5 Å². The predicted octanol–water partition coefficient (Wildman–Crippen LogP) is 2.75. The standard InChI is InChI=1S/C23H23N5O3S/c29-21(25-17-7-6-16-8-9-24-19(16)14-17)15-20-22(30)27(18-4-2-1-3-5-18)23(32)28(20)26-10-12-31-13-11-26/h1-9,14,20,24H,10-13,15H2,(H,25,29). The topological polar surface area (TPSA) is 80.9 Å². The Labute approximate surface area is 190 Å². The third-order valence-corrected chi connectivity index (χ3v) is 6.08. The number of nitrogens with one attached hydrogen (secondary N) is 2. The highest BCUT2D eigenvalue weighted by atomic mass is 32.1. The molecule has 0 radical (unpaired) electrons. The van der Waals surface area contributed by atoms with Gasteiger partial charge in [-0.05, 0) is 47.9 Å². The van der Waals surface area contributed by atoms with Gasteiger partial charge in [0.2, 0.25) is 5.91 Å². The minimum Gasteiger partial charge on any atom is -0.379 e. The summed E-state index contributed by atoms with van der Waals surface area (Å²) in [4.78, 5) is 31.1. The lowest BCUT2D eigenvalue weighted by molar-refractivity contribution is -0.130. The van der Waals surface area contributed by atoms with Crippen LogP contribution in [0.25, 0.3) is 10.9 Å². The molecule has 2 aliphatic heterocycles. The summed E-state index contributed by atoms with van der Waals surface area (Å²) in [5.41, 5.74) is 2.31. The van der Waals surface area contributed by atoms with Crippen LogP contribution in [0.4, 0.5) is 11.4 Å². The summed E-state index contributed by atoms with van der Waals surface area (Å²) in [6.45, 7) is 2.32. The Kier molecular flexibility index (Phi) is 5.60. The molecule has 1 unspecified atom stereocenters. The van der Waals surface area contributed by atoms with Crippen molar-refractivity contribution in [2.24, 2.45) is 0 Å². The van der Waals surface area contributed by atoms with E-state index in [4.69, 9.17) is 17.0 Å². The van der Waals surface area contributed by atoms with Gasteiger partial charge < -0.3 is 15.0 Å². The molecule has 3 heterocycles. The van der Waals surface area contributed by atoms with Crippen LogP contribution in [0.5, 0.6) is 0 Å². The van der Waals surface area contributed by atoms with Crippen molar-refractivity contribution in [2.45, 2.75) is 12.5 Å². The van der Waals surface area contributed by atoms with E-state index in [1.807, 2.05) is 65.8 Å². The maximum Gasteiger partial charge on any atom is 0.258 e. The summed E-state index contributed by atoms with van der Waals surface area (Å²) >= 11 is 5.72. The Morgan fingerprint density at radius 2 is 1.91 bits per heavy atom. The third kappa shape index (κ3) is 3.86. The van der Waals surface area contributed by atoms with E-state index in [0.717, 1.165) is 10.9 Å². The molecule has 2 aromatic carbocycles. The number of rotatable bonds is 5. The maximum atomic E-state index is 13.5. The molecule has 3 aromatic rings. The van der Waals surface area contributed by atoms with Crippen molar-refractivity contribution in [3.05, 3.63) is 60.8 Å². The number of nitrogens with zero attached hydrogens (tertiary/aromatic N) is 3. The van der Waals surface area contributed by atoms with E-state index in [0.29, 0.717) is 42.8 Å². The first kappa shape index (κ1) is 20.6. The first-order chi connectivity index (χ1) is 15.6. The summed E-state index contributed by atoms with van der Waals surface area (Å²) in [5, 5.41) is 8.17. The van der Waals surface area contributed by atoms with Crippen LogP contribution in [0, 0.1) is 0 Å². The summed E-state index contributed by atoms with van der Waals surface area (Å²) in [6.07, 6.45) is 1.84. The number of ether oxygens (including phenoxy) is 1. The van der Waals surface area contributed by atoms with E-state index in [2.05, 4.69) is 10.3 Å². The number of carbonyl (C=O) groups excluding carboxylic acids is 2. The Morgan fingerprint density at radius 1 is 1.12 bits per heavy atom. The SMILES string of the molecule is O=C(CC1C(=O)N(c2ccccc2)C(=S)N1N1CCOCC1)Nc1ccc2cc[nH]c2c1. The van der Waals surface area contributed by atoms with Gasteiger partial charge in [-0.2, -0.15) is 0 Å². The van der Waals surface area contributed by atoms with Gasteiger partial charge in [-0.1, -0.05) is 24.3 Å². The van der Waals surface area contributed by atoms with Crippen molar-refractivity contribution < 1.29 is 14.3 Å². The van der Waals surface area contributed by atoms with E-state index in [1.54, 1.807) is 5.01 Å². The zero-order valence-corrected chi connectivity index (χ0v) is 18.2. The molecule has 0 spiro atoms. The number of para-hydroxylation sites is 1. The van der Waals surface area contributed by atoms with Gasteiger partial charge in [-0.15, -0.1) is 0 Å². The number of hydrogen-bond acceptors (Lipinski definition) is 5. The third-order valence-electron chi connectivity index (χ3n) is 5.71. The molecule has 0 aliphatic carbocycles. The zero-order valence-electron chi connectivity index (χ0n) is 17.4. The van der Waals surface area contributed by atoms with Gasteiger partial charge in [0, 0.05) is 30.5 Å². The van der Waals surface area contributed by atoms with Crippen LogP contribution < -0.4 is 10.2 Å². The van der Waals surface area contributed by atoms with E-state index >= 15 is 0 Å². The second-order valence-electron chi connectivity index (χ2n) is 7.75. The van der Waals surface area contributed by atoms with Gasteiger partial charge in [0.05, 0.1) is 25.3 Å². The Balaban J connectivity index is 1.39. The van der Waals surface area contributed by atoms with Crippen LogP contribution in [0.15, 0.2) is 60.8 Å². The highest BCUT2D eigenvalue weighted by Crippen LogP contribution is 2.29. The quantitative estimate of drug-likeness (QED) is 0.583. The number of hydrogen-bond donors (Lipinski definition) is 2. The number of anilines is 2. The Hall–Kier alpha value is -3.27. The number of amides is 2. The van der Waals surface area contributed by atoms with Crippen molar-refractivity contribution in [2.75, 3.05) is 36.5 Å². The lowest BCUT2D eigenvalue weighted by atomic mass is 10.1. The molecule has 1 atom stereocenters. The highest BCUT2D eigenvalue weighted by molar-refractivity contribution is 7.80. The minimum atomic E-state index is -0.713. The molecule has 8 nitrogen and oxygen atoms in total. The Morgan fingerprint density at radius 3 is 2.69 bits per heavy atom. The number of morpholine rings is 1. The van der Waals surface area contributed by atoms with Crippen molar-refractivity contribution >= 4 is 51.4 Å². The average Bonchev–Trinajstić information content (AvgIpc) is 3.37. The van der Waals surface area contributed by atoms with Gasteiger partial charge in [0.15, 0.2) is 5.11 Å². The molecule has 0 saturated carbocycles. The second-order valence-corrected chi connectivity index (χ2v) is 8.12. The fourth-order valence-corrected chi connectivity index (χ4v) is 4.61. The van der Waals surface area contributed by atoms with E-state index in [-0.39, 0.29) is 18.2 Å². The van der Waals surface area contributed by atoms with Gasteiger partial charge in [0.25, 0.3) is 5.91 Å². The van der Waals surface area contributed by atoms with Crippen LogP contribution in [-0.4, -0.2) is 64.3 Å². The summed E-state index contributed by atoms with van der Waals surface area (Å²) in [7, 11) is 0. The molecule has 2 aliphatic rings. The van der Waals surface area contributed by atoms with E-state index in [1.165, 1.54) is 4.90 Å². The maximum absolute atomic E-state index is 13.5. The normalized spacial score (nSPS) is 19.7. The number of benzene rings is 2. The van der Waals surface area contributed by atoms with Crippen molar-refractivity contribution in [1.82, 2.24) is 15.0 Å². The average molecular weight is 450 g/mol. The Bertz CT molecular complexity index is 1160. The van der Waals surface area contributed by atoms with Crippen LogP contribution in [-0.2, 0) is 14.3 Å². The van der Waals surface area contributed by atoms with Crippen LogP contribution >= 0.6 is 12.2 Å². The lowest BCUT2D eigenvalue weighted by Crippen LogP contribution is -2.54. The molecular weight excluding hydrogens is 426 g/mol. The summed E-state index contributed by atoms with van der Waals surface area (Å²) in [5.74, 6) is -0.451. The molecule has 5 rings (SSSR count). The van der Waals surface area contributed by atoms with E-state index < -0.39 is 6.04 Å². The fourth-order valence-electron chi connectivity index (χ4n) is 4.17. The highest BCUT2D eigenvalue weighted by Gasteiger charge is 2.47. The lowest BCUT2D eigenvalue weighted by Gasteiger charge is -2.37. The second kappa shape index (κ2) is 8.70. The van der Waals surface area contributed by atoms with Crippen molar-refractivity contribution in [3.8, 4) is 0 Å². The number of aromatic amines is 1. The van der Waals surface area contributed by atoms with Gasteiger partial charge in [0.1, 0.15) is 6.04 Å². The largest absolute Gasteiger partial charge is 0.379 e. The molecule has 0 bridgehead atoms. The first-order valence-corrected chi connectivity index (χ1v) is 10.9. The molecule has 2 fully saturated rings. The molecule has 32 heavy (non-hydrogen) atoms. The van der Waals surface area contributed by atoms with E-state index in [9.17, 15) is 9.59 Å². The minimum absolute atomic E-state index is 0.0115. The molecule has 1 aromatic heterocycles. The predicted molar refractivity (Wildman–Crippen MR) is 126 cm³/mol. The molecule has 2 saturated heterocycles. The number of hydrazine groups is 1. The molecular formula is C23H23N5O3S. The zero-order chi connectivity index (χ0) is 22.1. The number of H-pyrrole nitrogens is 1. The van der Waals surface area contributed by atoms with Gasteiger partial charge in [-0.25, -0.2) is 5.01 Å². The first-order valence-electron chi connectivity index (χ1n) is 10.5. The molecule has 9 heteroatoms. The fraction of sp³-hybridized carbons (Fsp3) is 0.261. The molecule has 2 N–H and O–H groups in total. The number of aromatic nitrogens is 1. The van der Waals surface area contributed by atoms with Crippen molar-refractivity contribution in [1.29, 1.82) is 0 Å². The smallest absolute Gasteiger partial charge is 0.258 e.